The fraction of sp³-hybridized carbons (Fsp3) is 0.364. The Morgan fingerprint density at radius 1 is 0.828 bits per heavy atom. The van der Waals surface area contributed by atoms with Crippen LogP contribution in [0.15, 0.2) is 42.5 Å². The molecule has 2 aromatic rings. The van der Waals surface area contributed by atoms with Gasteiger partial charge in [-0.2, -0.15) is 0 Å². The molecule has 1 aliphatic heterocycles. The number of hydrogen-bond donors (Lipinski definition) is 0. The van der Waals surface area contributed by atoms with Crippen molar-refractivity contribution in [3.8, 4) is 11.5 Å². The maximum Gasteiger partial charge on any atom is 0.254 e. The van der Waals surface area contributed by atoms with Crippen LogP contribution in [0.5, 0.6) is 11.5 Å². The summed E-state index contributed by atoms with van der Waals surface area (Å²) < 4.78 is 24.5. The van der Waals surface area contributed by atoms with Gasteiger partial charge in [0.25, 0.3) is 11.8 Å². The van der Waals surface area contributed by atoms with Gasteiger partial charge >= 0.3 is 0 Å². The van der Waals surface area contributed by atoms with Crippen molar-refractivity contribution < 1.29 is 23.5 Å². The third kappa shape index (κ3) is 4.85. The van der Waals surface area contributed by atoms with E-state index in [0.29, 0.717) is 62.0 Å². The second kappa shape index (κ2) is 9.41. The third-order valence-corrected chi connectivity index (χ3v) is 4.72. The lowest BCUT2D eigenvalue weighted by atomic mass is 10.1. The van der Waals surface area contributed by atoms with Crippen LogP contribution < -0.4 is 9.47 Å². The van der Waals surface area contributed by atoms with E-state index in [9.17, 15) is 14.0 Å². The molecule has 1 heterocycles. The van der Waals surface area contributed by atoms with Gasteiger partial charge in [0.15, 0.2) is 11.5 Å². The second-order valence-corrected chi connectivity index (χ2v) is 6.62. The van der Waals surface area contributed by atoms with Crippen LogP contribution in [-0.4, -0.2) is 61.0 Å². The van der Waals surface area contributed by atoms with Gasteiger partial charge in [0, 0.05) is 37.3 Å². The molecule has 2 aromatic carbocycles. The van der Waals surface area contributed by atoms with Crippen LogP contribution in [0.4, 0.5) is 4.39 Å². The molecule has 0 aromatic heterocycles. The number of carbonyl (C=O) groups is 2. The Morgan fingerprint density at radius 2 is 1.38 bits per heavy atom. The molecule has 154 valence electrons. The van der Waals surface area contributed by atoms with Gasteiger partial charge in [-0.3, -0.25) is 9.59 Å². The lowest BCUT2D eigenvalue weighted by Crippen LogP contribution is -2.50. The van der Waals surface area contributed by atoms with E-state index in [0.717, 1.165) is 0 Å². The van der Waals surface area contributed by atoms with Crippen LogP contribution >= 0.6 is 0 Å². The number of nitrogens with zero attached hydrogens (tertiary/aromatic N) is 2. The van der Waals surface area contributed by atoms with Crippen LogP contribution in [0.1, 0.15) is 34.6 Å². The van der Waals surface area contributed by atoms with Gasteiger partial charge in [-0.05, 0) is 50.2 Å². The number of piperazine rings is 1. The first-order chi connectivity index (χ1) is 14.0. The molecule has 0 saturated carbocycles. The van der Waals surface area contributed by atoms with E-state index in [2.05, 4.69) is 0 Å². The highest BCUT2D eigenvalue weighted by Gasteiger charge is 2.26. The van der Waals surface area contributed by atoms with E-state index >= 15 is 0 Å². The maximum absolute atomic E-state index is 13.4. The van der Waals surface area contributed by atoms with E-state index in [1.807, 2.05) is 13.8 Å². The number of halogens is 1. The molecular weight excluding hydrogens is 375 g/mol. The van der Waals surface area contributed by atoms with Crippen molar-refractivity contribution in [3.63, 3.8) is 0 Å². The second-order valence-electron chi connectivity index (χ2n) is 6.62. The van der Waals surface area contributed by atoms with Crippen LogP contribution in [0, 0.1) is 5.82 Å². The van der Waals surface area contributed by atoms with E-state index in [1.54, 1.807) is 34.1 Å². The molecule has 0 unspecified atom stereocenters. The molecule has 1 saturated heterocycles. The number of hydrogen-bond acceptors (Lipinski definition) is 4. The molecule has 0 spiro atoms. The molecule has 6 nitrogen and oxygen atoms in total. The van der Waals surface area contributed by atoms with Crippen molar-refractivity contribution in [2.45, 2.75) is 13.8 Å². The minimum atomic E-state index is -0.440. The monoisotopic (exact) mass is 400 g/mol. The van der Waals surface area contributed by atoms with Gasteiger partial charge in [0.2, 0.25) is 0 Å². The summed E-state index contributed by atoms with van der Waals surface area (Å²) in [7, 11) is 0. The van der Waals surface area contributed by atoms with Gasteiger partial charge in [0.1, 0.15) is 5.82 Å². The Morgan fingerprint density at radius 3 is 1.93 bits per heavy atom. The van der Waals surface area contributed by atoms with Crippen molar-refractivity contribution >= 4 is 11.8 Å². The Bertz CT molecular complexity index is 879. The Balaban J connectivity index is 1.65. The molecule has 0 N–H and O–H groups in total. The summed E-state index contributed by atoms with van der Waals surface area (Å²) in [4.78, 5) is 28.8. The molecular formula is C22H25FN2O4. The van der Waals surface area contributed by atoms with Crippen LogP contribution in [0.25, 0.3) is 0 Å². The molecule has 1 fully saturated rings. The molecule has 0 atom stereocenters. The lowest BCUT2D eigenvalue weighted by molar-refractivity contribution is 0.0535. The first-order valence-electron chi connectivity index (χ1n) is 9.77. The van der Waals surface area contributed by atoms with Crippen molar-refractivity contribution in [1.82, 2.24) is 9.80 Å². The SMILES string of the molecule is CCOc1ccc(C(=O)N2CCN(C(=O)c3cccc(F)c3)CC2)cc1OCC. The van der Waals surface area contributed by atoms with E-state index in [-0.39, 0.29) is 11.8 Å². The highest BCUT2D eigenvalue weighted by Crippen LogP contribution is 2.29. The first kappa shape index (κ1) is 20.6. The number of rotatable bonds is 6. The number of ether oxygens (including phenoxy) is 2. The summed E-state index contributed by atoms with van der Waals surface area (Å²) in [5, 5.41) is 0. The zero-order valence-electron chi connectivity index (χ0n) is 16.7. The van der Waals surface area contributed by atoms with Crippen LogP contribution in [0.3, 0.4) is 0 Å². The van der Waals surface area contributed by atoms with Crippen molar-refractivity contribution in [1.29, 1.82) is 0 Å². The van der Waals surface area contributed by atoms with E-state index < -0.39 is 5.82 Å². The topological polar surface area (TPSA) is 59.1 Å². The first-order valence-corrected chi connectivity index (χ1v) is 9.77. The van der Waals surface area contributed by atoms with Gasteiger partial charge in [-0.15, -0.1) is 0 Å². The number of amides is 2. The summed E-state index contributed by atoms with van der Waals surface area (Å²) in [6.07, 6.45) is 0. The van der Waals surface area contributed by atoms with E-state index in [1.165, 1.54) is 18.2 Å². The van der Waals surface area contributed by atoms with Gasteiger partial charge in [0.05, 0.1) is 13.2 Å². The van der Waals surface area contributed by atoms with E-state index in [4.69, 9.17) is 9.47 Å². The molecule has 0 aliphatic carbocycles. The zero-order chi connectivity index (χ0) is 20.8. The Labute approximate surface area is 169 Å². The summed E-state index contributed by atoms with van der Waals surface area (Å²) >= 11 is 0. The molecule has 0 bridgehead atoms. The smallest absolute Gasteiger partial charge is 0.254 e. The average molecular weight is 400 g/mol. The predicted molar refractivity (Wildman–Crippen MR) is 107 cm³/mol. The van der Waals surface area contributed by atoms with Gasteiger partial charge in [-0.25, -0.2) is 4.39 Å². The summed E-state index contributed by atoms with van der Waals surface area (Å²) in [5.41, 5.74) is 0.833. The molecule has 2 amide bonds. The lowest BCUT2D eigenvalue weighted by Gasteiger charge is -2.35. The highest BCUT2D eigenvalue weighted by molar-refractivity contribution is 5.96. The van der Waals surface area contributed by atoms with Crippen molar-refractivity contribution in [2.75, 3.05) is 39.4 Å². The molecule has 1 aliphatic rings. The summed E-state index contributed by atoms with van der Waals surface area (Å²) in [6, 6.07) is 10.8. The summed E-state index contributed by atoms with van der Waals surface area (Å²) in [6.45, 7) is 6.37. The average Bonchev–Trinajstić information content (AvgIpc) is 2.74. The van der Waals surface area contributed by atoms with Crippen molar-refractivity contribution in [2.24, 2.45) is 0 Å². The molecule has 29 heavy (non-hydrogen) atoms. The van der Waals surface area contributed by atoms with Crippen LogP contribution in [-0.2, 0) is 0 Å². The Kier molecular flexibility index (Phi) is 6.69. The number of benzene rings is 2. The minimum Gasteiger partial charge on any atom is -0.490 e. The maximum atomic E-state index is 13.4. The standard InChI is InChI=1S/C22H25FN2O4/c1-3-28-19-9-8-17(15-20(19)29-4-2)22(27)25-12-10-24(11-13-25)21(26)16-6-5-7-18(23)14-16/h5-9,14-15H,3-4,10-13H2,1-2H3. The fourth-order valence-electron chi connectivity index (χ4n) is 3.28. The Hall–Kier alpha value is -3.09. The zero-order valence-corrected chi connectivity index (χ0v) is 16.7. The van der Waals surface area contributed by atoms with Crippen LogP contribution in [0.2, 0.25) is 0 Å². The molecule has 7 heteroatoms. The minimum absolute atomic E-state index is 0.119. The quantitative estimate of drug-likeness (QED) is 0.747. The normalized spacial score (nSPS) is 13.9. The predicted octanol–water partition coefficient (Wildman–Crippen LogP) is 3.22. The highest BCUT2D eigenvalue weighted by atomic mass is 19.1. The largest absolute Gasteiger partial charge is 0.490 e. The molecule has 3 rings (SSSR count). The fourth-order valence-corrected chi connectivity index (χ4v) is 3.28. The molecule has 0 radical (unpaired) electrons. The van der Waals surface area contributed by atoms with Gasteiger partial charge < -0.3 is 19.3 Å². The van der Waals surface area contributed by atoms with Gasteiger partial charge in [-0.1, -0.05) is 6.07 Å². The van der Waals surface area contributed by atoms with Crippen molar-refractivity contribution in [3.05, 3.63) is 59.4 Å². The number of carbonyl (C=O) groups excluding carboxylic acids is 2. The third-order valence-electron chi connectivity index (χ3n) is 4.72. The summed E-state index contributed by atoms with van der Waals surface area (Å²) in [5.74, 6) is 0.366.